The number of benzene rings is 5. The average molecular weight is 563 g/mol. The van der Waals surface area contributed by atoms with Crippen molar-refractivity contribution >= 4 is 21.7 Å². The Balaban J connectivity index is 1.24. The molecule has 0 radical (unpaired) electrons. The number of pyridine rings is 2. The molecule has 4 heteroatoms. The average Bonchev–Trinajstić information content (AvgIpc) is 3.12. The summed E-state index contributed by atoms with van der Waals surface area (Å²) in [5.74, 6) is 0.696. The lowest BCUT2D eigenvalue weighted by Crippen LogP contribution is -1.96. The Hall–Kier alpha value is -6.00. The van der Waals surface area contributed by atoms with Gasteiger partial charge in [0.1, 0.15) is 0 Å². The molecule has 0 aliphatic carbocycles. The quantitative estimate of drug-likeness (QED) is 0.196. The van der Waals surface area contributed by atoms with Gasteiger partial charge in [-0.2, -0.15) is 0 Å². The molecule has 0 bridgehead atoms. The third-order valence-corrected chi connectivity index (χ3v) is 7.88. The van der Waals surface area contributed by atoms with Gasteiger partial charge < -0.3 is 0 Å². The maximum Gasteiger partial charge on any atom is 0.160 e. The highest BCUT2D eigenvalue weighted by atomic mass is 14.9. The van der Waals surface area contributed by atoms with Crippen molar-refractivity contribution in [2.24, 2.45) is 0 Å². The number of rotatable bonds is 5. The van der Waals surface area contributed by atoms with Crippen molar-refractivity contribution in [1.82, 2.24) is 19.9 Å². The first kappa shape index (κ1) is 25.7. The van der Waals surface area contributed by atoms with Gasteiger partial charge in [-0.25, -0.2) is 19.9 Å². The van der Waals surface area contributed by atoms with Crippen LogP contribution < -0.4 is 0 Å². The number of nitrogens with zero attached hydrogens (tertiary/aromatic N) is 4. The van der Waals surface area contributed by atoms with Crippen LogP contribution in [0.4, 0.5) is 0 Å². The lowest BCUT2D eigenvalue weighted by molar-refractivity contribution is 1.18. The molecular weight excluding hydrogens is 536 g/mol. The van der Waals surface area contributed by atoms with E-state index in [9.17, 15) is 0 Å². The molecule has 5 aromatic carbocycles. The Bertz CT molecular complexity index is 2220. The van der Waals surface area contributed by atoms with Gasteiger partial charge in [0.05, 0.1) is 34.0 Å². The van der Waals surface area contributed by atoms with Crippen LogP contribution in [0, 0.1) is 0 Å². The van der Waals surface area contributed by atoms with Crippen LogP contribution >= 0.6 is 0 Å². The van der Waals surface area contributed by atoms with E-state index < -0.39 is 0 Å². The van der Waals surface area contributed by atoms with E-state index in [1.807, 2.05) is 60.7 Å². The predicted molar refractivity (Wildman–Crippen MR) is 180 cm³/mol. The Labute approximate surface area is 255 Å². The van der Waals surface area contributed by atoms with E-state index in [1.54, 1.807) is 0 Å². The second kappa shape index (κ2) is 11.0. The first-order valence-electron chi connectivity index (χ1n) is 14.7. The zero-order chi connectivity index (χ0) is 29.3. The van der Waals surface area contributed by atoms with E-state index in [0.29, 0.717) is 5.82 Å². The zero-order valence-corrected chi connectivity index (χ0v) is 23.8. The Morgan fingerprint density at radius 2 is 0.841 bits per heavy atom. The Morgan fingerprint density at radius 1 is 0.295 bits per heavy atom. The number of hydrogen-bond donors (Lipinski definition) is 0. The van der Waals surface area contributed by atoms with Crippen LogP contribution in [0.1, 0.15) is 0 Å². The van der Waals surface area contributed by atoms with Crippen molar-refractivity contribution in [2.45, 2.75) is 0 Å². The third-order valence-electron chi connectivity index (χ3n) is 7.88. The topological polar surface area (TPSA) is 51.6 Å². The van der Waals surface area contributed by atoms with Crippen molar-refractivity contribution in [1.29, 1.82) is 0 Å². The van der Waals surface area contributed by atoms with Crippen LogP contribution in [0.2, 0.25) is 0 Å². The van der Waals surface area contributed by atoms with Crippen LogP contribution in [0.15, 0.2) is 158 Å². The van der Waals surface area contributed by atoms with Gasteiger partial charge in [-0.3, -0.25) is 0 Å². The van der Waals surface area contributed by atoms with Gasteiger partial charge >= 0.3 is 0 Å². The van der Waals surface area contributed by atoms with Crippen molar-refractivity contribution in [3.05, 3.63) is 158 Å². The lowest BCUT2D eigenvalue weighted by Gasteiger charge is -2.12. The summed E-state index contributed by atoms with van der Waals surface area (Å²) in [6.45, 7) is 0. The molecule has 0 N–H and O–H groups in total. The number of para-hydroxylation sites is 1. The minimum Gasteiger partial charge on any atom is -0.246 e. The molecule has 0 aliphatic rings. The molecule has 0 unspecified atom stereocenters. The molecule has 0 spiro atoms. The van der Waals surface area contributed by atoms with Gasteiger partial charge in [0.25, 0.3) is 0 Å². The van der Waals surface area contributed by atoms with Crippen LogP contribution in [0.3, 0.4) is 0 Å². The summed E-state index contributed by atoms with van der Waals surface area (Å²) in [5, 5.41) is 3.41. The molecule has 0 amide bonds. The molecule has 8 aromatic rings. The van der Waals surface area contributed by atoms with E-state index in [1.165, 1.54) is 5.39 Å². The molecule has 8 rings (SSSR count). The Kier molecular flexibility index (Phi) is 6.43. The summed E-state index contributed by atoms with van der Waals surface area (Å²) in [7, 11) is 0. The molecule has 0 saturated carbocycles. The number of aromatic nitrogens is 4. The minimum atomic E-state index is 0.696. The van der Waals surface area contributed by atoms with Crippen molar-refractivity contribution in [3.63, 3.8) is 0 Å². The van der Waals surface area contributed by atoms with Gasteiger partial charge in [0, 0.05) is 33.0 Å². The molecule has 206 valence electrons. The highest BCUT2D eigenvalue weighted by molar-refractivity contribution is 6.10. The summed E-state index contributed by atoms with van der Waals surface area (Å²) >= 11 is 0. The third kappa shape index (κ3) is 4.79. The maximum absolute atomic E-state index is 5.14. The van der Waals surface area contributed by atoms with Gasteiger partial charge in [-0.05, 0) is 35.7 Å². The van der Waals surface area contributed by atoms with Crippen LogP contribution in [-0.4, -0.2) is 19.9 Å². The molecule has 44 heavy (non-hydrogen) atoms. The molecule has 0 fully saturated rings. The highest BCUT2D eigenvalue weighted by Gasteiger charge is 2.14. The van der Waals surface area contributed by atoms with Crippen LogP contribution in [0.5, 0.6) is 0 Å². The summed E-state index contributed by atoms with van der Waals surface area (Å²) < 4.78 is 0. The fraction of sp³-hybridized carbons (Fsp3) is 0. The maximum atomic E-state index is 5.14. The predicted octanol–water partition coefficient (Wildman–Crippen LogP) is 9.91. The standard InChI is InChI=1S/C40H26N4/c1-3-13-27(14-4-1)37-26-38(44-40(43-37)28-15-5-2-6-16-28)30-18-11-17-29(25-30)34-23-12-24-36(41-34)39-33-21-8-7-19-31(33)32-20-9-10-22-35(32)42-39/h1-26H. The normalized spacial score (nSPS) is 11.2. The van der Waals surface area contributed by atoms with E-state index >= 15 is 0 Å². The largest absolute Gasteiger partial charge is 0.246 e. The van der Waals surface area contributed by atoms with Gasteiger partial charge in [0.15, 0.2) is 5.82 Å². The summed E-state index contributed by atoms with van der Waals surface area (Å²) in [6, 6.07) is 53.7. The van der Waals surface area contributed by atoms with Gasteiger partial charge in [-0.15, -0.1) is 0 Å². The molecule has 4 nitrogen and oxygen atoms in total. The zero-order valence-electron chi connectivity index (χ0n) is 23.8. The van der Waals surface area contributed by atoms with Crippen molar-refractivity contribution in [2.75, 3.05) is 0 Å². The molecule has 3 aromatic heterocycles. The van der Waals surface area contributed by atoms with E-state index in [0.717, 1.165) is 67.0 Å². The molecule has 0 aliphatic heterocycles. The van der Waals surface area contributed by atoms with E-state index in [-0.39, 0.29) is 0 Å². The van der Waals surface area contributed by atoms with Gasteiger partial charge in [0.2, 0.25) is 0 Å². The lowest BCUT2D eigenvalue weighted by atomic mass is 10.0. The SMILES string of the molecule is c1ccc(-c2cc(-c3cccc(-c4cccc(-c5nc6ccccc6c6ccccc56)n4)c3)nc(-c3ccccc3)n2)cc1. The van der Waals surface area contributed by atoms with Crippen LogP contribution in [-0.2, 0) is 0 Å². The fourth-order valence-corrected chi connectivity index (χ4v) is 5.73. The van der Waals surface area contributed by atoms with Gasteiger partial charge in [-0.1, -0.05) is 127 Å². The van der Waals surface area contributed by atoms with E-state index in [2.05, 4.69) is 97.1 Å². The first-order valence-corrected chi connectivity index (χ1v) is 14.7. The second-order valence-electron chi connectivity index (χ2n) is 10.7. The smallest absolute Gasteiger partial charge is 0.160 e. The van der Waals surface area contributed by atoms with Crippen LogP contribution in [0.25, 0.3) is 78.2 Å². The molecule has 0 saturated heterocycles. The fourth-order valence-electron chi connectivity index (χ4n) is 5.73. The summed E-state index contributed by atoms with van der Waals surface area (Å²) in [6.07, 6.45) is 0. The van der Waals surface area contributed by atoms with E-state index in [4.69, 9.17) is 19.9 Å². The second-order valence-corrected chi connectivity index (χ2v) is 10.7. The highest BCUT2D eigenvalue weighted by Crippen LogP contribution is 2.34. The number of fused-ring (bicyclic) bond motifs is 3. The summed E-state index contributed by atoms with van der Waals surface area (Å²) in [4.78, 5) is 20.2. The molecular formula is C40H26N4. The number of hydrogen-bond acceptors (Lipinski definition) is 4. The Morgan fingerprint density at radius 3 is 1.61 bits per heavy atom. The first-order chi connectivity index (χ1) is 21.8. The molecule has 0 atom stereocenters. The summed E-state index contributed by atoms with van der Waals surface area (Å²) in [5.41, 5.74) is 9.35. The molecule has 3 heterocycles. The minimum absolute atomic E-state index is 0.696. The van der Waals surface area contributed by atoms with Crippen molar-refractivity contribution in [3.8, 4) is 56.5 Å². The van der Waals surface area contributed by atoms with Crippen molar-refractivity contribution < 1.29 is 0 Å². The monoisotopic (exact) mass is 562 g/mol.